The van der Waals surface area contributed by atoms with Gasteiger partial charge in [-0.1, -0.05) is 41.1 Å². The first-order valence-electron chi connectivity index (χ1n) is 11.8. The number of rotatable bonds is 7. The number of alkyl halides is 3. The van der Waals surface area contributed by atoms with Gasteiger partial charge in [0.1, 0.15) is 18.1 Å². The lowest BCUT2D eigenvalue weighted by Crippen LogP contribution is -2.44. The molecule has 0 saturated carbocycles. The molecule has 37 heavy (non-hydrogen) atoms. The van der Waals surface area contributed by atoms with Crippen LogP contribution < -0.4 is 9.47 Å². The Bertz CT molecular complexity index is 1340. The number of piperidine rings is 1. The SMILES string of the molecule is OC1(c2ccc(Cl)c(C(F)(F)F)c2)CCN(CCOc2ccc(Oc3nc4ccccc4s3)cc2)CC1. The molecule has 4 aromatic rings. The van der Waals surface area contributed by atoms with Crippen molar-refractivity contribution in [3.8, 4) is 16.7 Å². The van der Waals surface area contributed by atoms with Crippen molar-refractivity contribution < 1.29 is 27.8 Å². The third kappa shape index (κ3) is 6.01. The molecule has 10 heteroatoms. The van der Waals surface area contributed by atoms with Crippen molar-refractivity contribution in [1.29, 1.82) is 0 Å². The van der Waals surface area contributed by atoms with Crippen LogP contribution in [0.5, 0.6) is 16.7 Å². The van der Waals surface area contributed by atoms with Crippen LogP contribution in [0.3, 0.4) is 0 Å². The number of hydrogen-bond acceptors (Lipinski definition) is 6. The number of halogens is 4. The predicted octanol–water partition coefficient (Wildman–Crippen LogP) is 7.12. The van der Waals surface area contributed by atoms with Gasteiger partial charge >= 0.3 is 6.18 Å². The van der Waals surface area contributed by atoms with Gasteiger partial charge in [-0.25, -0.2) is 4.98 Å². The minimum absolute atomic E-state index is 0.244. The summed E-state index contributed by atoms with van der Waals surface area (Å²) in [6.45, 7) is 2.15. The number of hydrogen-bond donors (Lipinski definition) is 1. The Morgan fingerprint density at radius 2 is 1.70 bits per heavy atom. The van der Waals surface area contributed by atoms with Crippen LogP contribution in [-0.2, 0) is 11.8 Å². The minimum atomic E-state index is -4.57. The monoisotopic (exact) mass is 548 g/mol. The molecule has 5 nitrogen and oxygen atoms in total. The first-order valence-corrected chi connectivity index (χ1v) is 13.0. The van der Waals surface area contributed by atoms with E-state index in [4.69, 9.17) is 21.1 Å². The smallest absolute Gasteiger partial charge is 0.417 e. The predicted molar refractivity (Wildman–Crippen MR) is 138 cm³/mol. The maximum absolute atomic E-state index is 13.2. The average Bonchev–Trinajstić information content (AvgIpc) is 3.28. The maximum Gasteiger partial charge on any atom is 0.417 e. The van der Waals surface area contributed by atoms with Crippen LogP contribution in [0.4, 0.5) is 13.2 Å². The van der Waals surface area contributed by atoms with Crippen LogP contribution in [0.2, 0.25) is 5.02 Å². The molecule has 0 atom stereocenters. The van der Waals surface area contributed by atoms with E-state index < -0.39 is 17.3 Å². The van der Waals surface area contributed by atoms with Crippen LogP contribution in [0, 0.1) is 0 Å². The first-order chi connectivity index (χ1) is 17.7. The van der Waals surface area contributed by atoms with E-state index in [-0.39, 0.29) is 10.6 Å². The number of ether oxygens (including phenoxy) is 2. The second-order valence-corrected chi connectivity index (χ2v) is 10.3. The van der Waals surface area contributed by atoms with Crippen molar-refractivity contribution in [3.63, 3.8) is 0 Å². The Kier molecular flexibility index (Phi) is 7.31. The van der Waals surface area contributed by atoms with Crippen LogP contribution in [-0.4, -0.2) is 41.2 Å². The molecule has 0 radical (unpaired) electrons. The molecular weight excluding hydrogens is 525 g/mol. The molecule has 1 saturated heterocycles. The van der Waals surface area contributed by atoms with Crippen molar-refractivity contribution in [2.24, 2.45) is 0 Å². The molecule has 0 spiro atoms. The Hall–Kier alpha value is -2.85. The normalized spacial score (nSPS) is 16.1. The Morgan fingerprint density at radius 1 is 1.00 bits per heavy atom. The van der Waals surface area contributed by atoms with Gasteiger partial charge in [0, 0.05) is 19.6 Å². The van der Waals surface area contributed by atoms with E-state index in [1.807, 2.05) is 48.5 Å². The molecule has 0 unspecified atom stereocenters. The van der Waals surface area contributed by atoms with Gasteiger partial charge in [-0.15, -0.1) is 0 Å². The number of para-hydroxylation sites is 1. The fourth-order valence-corrected chi connectivity index (χ4v) is 5.42. The average molecular weight is 549 g/mol. The molecule has 1 aliphatic rings. The molecule has 2 heterocycles. The third-order valence-corrected chi connectivity index (χ3v) is 7.72. The molecule has 0 amide bonds. The number of thiazole rings is 1. The number of fused-ring (bicyclic) bond motifs is 1. The number of nitrogens with zero attached hydrogens (tertiary/aromatic N) is 2. The summed E-state index contributed by atoms with van der Waals surface area (Å²) in [6.07, 6.45) is -3.92. The van der Waals surface area contributed by atoms with Gasteiger partial charge < -0.3 is 14.6 Å². The zero-order chi connectivity index (χ0) is 26.0. The highest BCUT2D eigenvalue weighted by Crippen LogP contribution is 2.40. The number of aromatic nitrogens is 1. The highest BCUT2D eigenvalue weighted by Gasteiger charge is 2.38. The van der Waals surface area contributed by atoms with E-state index in [2.05, 4.69) is 9.88 Å². The summed E-state index contributed by atoms with van der Waals surface area (Å²) >= 11 is 7.21. The second-order valence-electron chi connectivity index (χ2n) is 8.94. The fraction of sp³-hybridized carbons (Fsp3) is 0.296. The molecule has 1 aliphatic heterocycles. The van der Waals surface area contributed by atoms with Crippen LogP contribution >= 0.6 is 22.9 Å². The van der Waals surface area contributed by atoms with Gasteiger partial charge in [0.2, 0.25) is 0 Å². The van der Waals surface area contributed by atoms with E-state index in [9.17, 15) is 18.3 Å². The molecular formula is C27H24ClF3N2O3S. The van der Waals surface area contributed by atoms with Crippen molar-refractivity contribution in [2.75, 3.05) is 26.2 Å². The second kappa shape index (κ2) is 10.5. The molecule has 1 N–H and O–H groups in total. The summed E-state index contributed by atoms with van der Waals surface area (Å²) in [5.41, 5.74) is -1.10. The molecule has 3 aromatic carbocycles. The van der Waals surface area contributed by atoms with E-state index in [0.717, 1.165) is 16.3 Å². The fourth-order valence-electron chi connectivity index (χ4n) is 4.36. The summed E-state index contributed by atoms with van der Waals surface area (Å²) < 4.78 is 52.4. The van der Waals surface area contributed by atoms with Gasteiger partial charge in [-0.3, -0.25) is 4.90 Å². The topological polar surface area (TPSA) is 54.8 Å². The highest BCUT2D eigenvalue weighted by molar-refractivity contribution is 7.20. The maximum atomic E-state index is 13.2. The van der Waals surface area contributed by atoms with Crippen LogP contribution in [0.15, 0.2) is 66.7 Å². The Labute approximate surface area is 221 Å². The van der Waals surface area contributed by atoms with Crippen LogP contribution in [0.1, 0.15) is 24.0 Å². The molecule has 5 rings (SSSR count). The molecule has 0 bridgehead atoms. The number of likely N-dealkylation sites (tertiary alicyclic amines) is 1. The lowest BCUT2D eigenvalue weighted by Gasteiger charge is -2.38. The Balaban J connectivity index is 1.10. The summed E-state index contributed by atoms with van der Waals surface area (Å²) in [6, 6.07) is 18.8. The van der Waals surface area contributed by atoms with Crippen molar-refractivity contribution in [2.45, 2.75) is 24.6 Å². The molecule has 1 fully saturated rings. The largest absolute Gasteiger partial charge is 0.492 e. The van der Waals surface area contributed by atoms with Gasteiger partial charge in [0.15, 0.2) is 0 Å². The lowest BCUT2D eigenvalue weighted by molar-refractivity contribution is -0.137. The van der Waals surface area contributed by atoms with Gasteiger partial charge in [0.25, 0.3) is 5.19 Å². The standard InChI is InChI=1S/C27H24ClF3N2O3S/c28-22-10-5-18(17-21(22)27(29,30)31)26(34)11-13-33(14-12-26)15-16-35-19-6-8-20(9-7-19)36-25-32-23-3-1-2-4-24(23)37-25/h1-10,17,34H,11-16H2. The zero-order valence-electron chi connectivity index (χ0n) is 19.7. The number of aliphatic hydroxyl groups is 1. The summed E-state index contributed by atoms with van der Waals surface area (Å²) in [4.78, 5) is 6.59. The Morgan fingerprint density at radius 3 is 2.41 bits per heavy atom. The zero-order valence-corrected chi connectivity index (χ0v) is 21.2. The van der Waals surface area contributed by atoms with Crippen molar-refractivity contribution in [1.82, 2.24) is 9.88 Å². The molecule has 194 valence electrons. The van der Waals surface area contributed by atoms with Gasteiger partial charge in [0.05, 0.1) is 26.4 Å². The van der Waals surface area contributed by atoms with Gasteiger partial charge in [-0.2, -0.15) is 13.2 Å². The van der Waals surface area contributed by atoms with Crippen LogP contribution in [0.25, 0.3) is 10.2 Å². The van der Waals surface area contributed by atoms with E-state index in [1.165, 1.54) is 23.5 Å². The van der Waals surface area contributed by atoms with E-state index in [1.54, 1.807) is 0 Å². The summed E-state index contributed by atoms with van der Waals surface area (Å²) in [5, 5.41) is 11.2. The van der Waals surface area contributed by atoms with Crippen molar-refractivity contribution in [3.05, 3.63) is 82.9 Å². The molecule has 0 aliphatic carbocycles. The lowest BCUT2D eigenvalue weighted by atomic mass is 9.83. The summed E-state index contributed by atoms with van der Waals surface area (Å²) in [5.74, 6) is 1.36. The highest BCUT2D eigenvalue weighted by atomic mass is 35.5. The number of benzene rings is 3. The molecule has 1 aromatic heterocycles. The van der Waals surface area contributed by atoms with Gasteiger partial charge in [-0.05, 0) is 66.9 Å². The first kappa shape index (κ1) is 25.8. The third-order valence-electron chi connectivity index (χ3n) is 6.47. The minimum Gasteiger partial charge on any atom is -0.492 e. The van der Waals surface area contributed by atoms with Crippen molar-refractivity contribution >= 4 is 33.2 Å². The summed E-state index contributed by atoms with van der Waals surface area (Å²) in [7, 11) is 0. The van der Waals surface area contributed by atoms with E-state index >= 15 is 0 Å². The van der Waals surface area contributed by atoms with E-state index in [0.29, 0.717) is 55.8 Å². The quantitative estimate of drug-likeness (QED) is 0.266.